The molecular weight excluding hydrogens is 412 g/mol. The Morgan fingerprint density at radius 3 is 1.21 bits per heavy atom. The fraction of sp³-hybridized carbons (Fsp3) is 0.242. The second kappa shape index (κ2) is 11.6. The number of benzene rings is 4. The molecule has 0 aliphatic rings. The van der Waals surface area contributed by atoms with Gasteiger partial charge in [0.25, 0.3) is 0 Å². The van der Waals surface area contributed by atoms with E-state index < -0.39 is 0 Å². The number of carbonyl (C=O) groups excluding carboxylic acids is 1. The Hall–Kier alpha value is -3.45. The van der Waals surface area contributed by atoms with Gasteiger partial charge in [-0.2, -0.15) is 0 Å². The molecule has 4 rings (SSSR count). The van der Waals surface area contributed by atoms with Crippen LogP contribution in [0.4, 0.5) is 0 Å². The van der Waals surface area contributed by atoms with E-state index in [2.05, 4.69) is 86.6 Å². The minimum absolute atomic E-state index is 0.0795. The summed E-state index contributed by atoms with van der Waals surface area (Å²) >= 11 is 0. The Kier molecular flexibility index (Phi) is 8.09. The molecule has 1 heteroatoms. The first-order valence-electron chi connectivity index (χ1n) is 12.5. The zero-order valence-electron chi connectivity index (χ0n) is 20.4. The van der Waals surface area contributed by atoms with E-state index >= 15 is 0 Å². The van der Waals surface area contributed by atoms with Gasteiger partial charge in [0, 0.05) is 11.1 Å². The molecule has 0 amide bonds. The fourth-order valence-electron chi connectivity index (χ4n) is 4.64. The minimum atomic E-state index is 0.0795. The summed E-state index contributed by atoms with van der Waals surface area (Å²) in [5.74, 6) is 0.0795. The largest absolute Gasteiger partial charge is 0.289 e. The maximum Gasteiger partial charge on any atom is 0.193 e. The van der Waals surface area contributed by atoms with E-state index in [1.165, 1.54) is 33.4 Å². The molecule has 0 aliphatic carbocycles. The molecule has 4 aromatic carbocycles. The Bertz CT molecular complexity index is 1120. The first-order chi connectivity index (χ1) is 16.7. The highest BCUT2D eigenvalue weighted by Gasteiger charge is 2.10. The third-order valence-electron chi connectivity index (χ3n) is 6.50. The van der Waals surface area contributed by atoms with Crippen LogP contribution in [0, 0.1) is 0 Å². The molecule has 4 aromatic rings. The van der Waals surface area contributed by atoms with E-state index in [4.69, 9.17) is 0 Å². The van der Waals surface area contributed by atoms with Gasteiger partial charge in [-0.15, -0.1) is 0 Å². The second-order valence-electron chi connectivity index (χ2n) is 9.11. The average Bonchev–Trinajstić information content (AvgIpc) is 2.87. The van der Waals surface area contributed by atoms with Crippen molar-refractivity contribution in [2.45, 2.75) is 52.4 Å². The molecule has 0 radical (unpaired) electrons. The van der Waals surface area contributed by atoms with Gasteiger partial charge >= 0.3 is 0 Å². The number of carbonyl (C=O) groups is 1. The van der Waals surface area contributed by atoms with Gasteiger partial charge in [0.05, 0.1) is 0 Å². The van der Waals surface area contributed by atoms with Gasteiger partial charge in [0.1, 0.15) is 0 Å². The van der Waals surface area contributed by atoms with Crippen LogP contribution in [-0.2, 0) is 25.7 Å². The molecule has 0 atom stereocenters. The monoisotopic (exact) mass is 446 g/mol. The lowest BCUT2D eigenvalue weighted by Crippen LogP contribution is -2.02. The van der Waals surface area contributed by atoms with Crippen LogP contribution in [0.15, 0.2) is 97.1 Å². The number of aryl methyl sites for hydroxylation is 2. The van der Waals surface area contributed by atoms with Gasteiger partial charge in [-0.1, -0.05) is 124 Å². The van der Waals surface area contributed by atoms with Gasteiger partial charge < -0.3 is 0 Å². The lowest BCUT2D eigenvalue weighted by Gasteiger charge is -2.10. The lowest BCUT2D eigenvalue weighted by molar-refractivity contribution is 0.103. The zero-order valence-corrected chi connectivity index (χ0v) is 20.4. The predicted octanol–water partition coefficient (Wildman–Crippen LogP) is 8.00. The summed E-state index contributed by atoms with van der Waals surface area (Å²) in [6, 6.07) is 33.6. The first-order valence-corrected chi connectivity index (χ1v) is 12.5. The summed E-state index contributed by atoms with van der Waals surface area (Å²) in [5, 5.41) is 0. The number of hydrogen-bond acceptors (Lipinski definition) is 1. The molecule has 1 nitrogen and oxygen atoms in total. The summed E-state index contributed by atoms with van der Waals surface area (Å²) < 4.78 is 0. The molecule has 0 bridgehead atoms. The minimum Gasteiger partial charge on any atom is -0.289 e. The molecule has 0 saturated heterocycles. The quantitative estimate of drug-likeness (QED) is 0.226. The van der Waals surface area contributed by atoms with Crippen molar-refractivity contribution in [1.82, 2.24) is 0 Å². The van der Waals surface area contributed by atoms with E-state index in [-0.39, 0.29) is 5.78 Å². The summed E-state index contributed by atoms with van der Waals surface area (Å²) in [6.45, 7) is 4.43. The lowest BCUT2D eigenvalue weighted by atomic mass is 9.94. The van der Waals surface area contributed by atoms with Crippen molar-refractivity contribution < 1.29 is 4.79 Å². The van der Waals surface area contributed by atoms with Crippen LogP contribution in [0.3, 0.4) is 0 Å². The smallest absolute Gasteiger partial charge is 0.193 e. The van der Waals surface area contributed by atoms with Gasteiger partial charge in [-0.3, -0.25) is 4.79 Å². The first kappa shape index (κ1) is 23.7. The summed E-state index contributed by atoms with van der Waals surface area (Å²) in [7, 11) is 0. The van der Waals surface area contributed by atoms with Crippen LogP contribution in [0.2, 0.25) is 0 Å². The van der Waals surface area contributed by atoms with Gasteiger partial charge in [-0.25, -0.2) is 0 Å². The molecule has 0 N–H and O–H groups in total. The molecule has 172 valence electrons. The molecule has 0 aromatic heterocycles. The van der Waals surface area contributed by atoms with Crippen LogP contribution in [0.5, 0.6) is 0 Å². The Labute approximate surface area is 204 Å². The third-order valence-corrected chi connectivity index (χ3v) is 6.50. The van der Waals surface area contributed by atoms with Gasteiger partial charge in [0.15, 0.2) is 5.78 Å². The van der Waals surface area contributed by atoms with Crippen molar-refractivity contribution >= 4 is 5.78 Å². The maximum absolute atomic E-state index is 13.1. The Morgan fingerprint density at radius 1 is 0.500 bits per heavy atom. The molecule has 0 heterocycles. The molecule has 0 saturated carbocycles. The average molecular weight is 447 g/mol. The SMILES string of the molecule is CCCc1ccccc1Cc1ccc(C(=O)c2ccc(Cc3ccccc3CCC)cc2)cc1. The highest BCUT2D eigenvalue weighted by atomic mass is 16.1. The van der Waals surface area contributed by atoms with E-state index in [0.717, 1.165) is 49.7 Å². The highest BCUT2D eigenvalue weighted by molar-refractivity contribution is 6.09. The number of ketones is 1. The van der Waals surface area contributed by atoms with Crippen LogP contribution in [-0.4, -0.2) is 5.78 Å². The van der Waals surface area contributed by atoms with E-state index in [0.29, 0.717) is 0 Å². The van der Waals surface area contributed by atoms with Crippen molar-refractivity contribution in [2.75, 3.05) is 0 Å². The summed E-state index contributed by atoms with van der Waals surface area (Å²) in [6.07, 6.45) is 6.31. The molecule has 34 heavy (non-hydrogen) atoms. The van der Waals surface area contributed by atoms with Crippen molar-refractivity contribution in [2.24, 2.45) is 0 Å². The maximum atomic E-state index is 13.1. The van der Waals surface area contributed by atoms with Crippen LogP contribution in [0.25, 0.3) is 0 Å². The van der Waals surface area contributed by atoms with Crippen molar-refractivity contribution in [3.8, 4) is 0 Å². The Balaban J connectivity index is 1.43. The van der Waals surface area contributed by atoms with Crippen LogP contribution >= 0.6 is 0 Å². The third kappa shape index (κ3) is 5.91. The molecule has 0 spiro atoms. The number of rotatable bonds is 10. The van der Waals surface area contributed by atoms with Crippen molar-refractivity contribution in [1.29, 1.82) is 0 Å². The van der Waals surface area contributed by atoms with Crippen molar-refractivity contribution in [3.05, 3.63) is 142 Å². The van der Waals surface area contributed by atoms with E-state index in [1.54, 1.807) is 0 Å². The predicted molar refractivity (Wildman–Crippen MR) is 143 cm³/mol. The highest BCUT2D eigenvalue weighted by Crippen LogP contribution is 2.20. The van der Waals surface area contributed by atoms with E-state index in [9.17, 15) is 4.79 Å². The second-order valence-corrected chi connectivity index (χ2v) is 9.11. The zero-order chi connectivity index (χ0) is 23.8. The van der Waals surface area contributed by atoms with Crippen LogP contribution < -0.4 is 0 Å². The standard InChI is InChI=1S/C33H34O/c1-3-9-27-11-5-7-13-31(27)23-25-15-19-29(20-16-25)33(34)30-21-17-26(18-22-30)24-32-14-8-6-12-28(32)10-4-2/h5-8,11-22H,3-4,9-10,23-24H2,1-2H3. The number of hydrogen-bond donors (Lipinski definition) is 0. The molecule has 0 aliphatic heterocycles. The fourth-order valence-corrected chi connectivity index (χ4v) is 4.64. The van der Waals surface area contributed by atoms with Gasteiger partial charge in [0.2, 0.25) is 0 Å². The van der Waals surface area contributed by atoms with Crippen LogP contribution in [0.1, 0.15) is 76.0 Å². The van der Waals surface area contributed by atoms with Gasteiger partial charge in [-0.05, 0) is 59.1 Å². The summed E-state index contributed by atoms with van der Waals surface area (Å²) in [4.78, 5) is 13.1. The Morgan fingerprint density at radius 2 is 0.853 bits per heavy atom. The van der Waals surface area contributed by atoms with Crippen molar-refractivity contribution in [3.63, 3.8) is 0 Å². The molecule has 0 fully saturated rings. The normalized spacial score (nSPS) is 10.9. The van der Waals surface area contributed by atoms with E-state index in [1.807, 2.05) is 24.3 Å². The topological polar surface area (TPSA) is 17.1 Å². The molecular formula is C33H34O. The summed E-state index contributed by atoms with van der Waals surface area (Å²) in [5.41, 5.74) is 9.55. The molecule has 0 unspecified atom stereocenters.